The molecule has 0 aromatic heterocycles. The minimum Gasteiger partial charge on any atom is -0.455 e. The molecule has 0 saturated heterocycles. The van der Waals surface area contributed by atoms with Crippen LogP contribution in [0.15, 0.2) is 54.6 Å². The Bertz CT molecular complexity index is 870. The van der Waals surface area contributed by atoms with E-state index < -0.39 is 5.82 Å². The van der Waals surface area contributed by atoms with Crippen LogP contribution in [0.1, 0.15) is 5.56 Å². The van der Waals surface area contributed by atoms with Gasteiger partial charge < -0.3 is 4.74 Å². The summed E-state index contributed by atoms with van der Waals surface area (Å²) in [5, 5.41) is 11.4. The Morgan fingerprint density at radius 3 is 2.43 bits per heavy atom. The van der Waals surface area contributed by atoms with Crippen LogP contribution in [-0.4, -0.2) is 0 Å². The lowest BCUT2D eigenvalue weighted by Crippen LogP contribution is -1.90. The third-order valence-corrected chi connectivity index (χ3v) is 3.44. The highest BCUT2D eigenvalue weighted by molar-refractivity contribution is 6.35. The number of halogens is 2. The Hall–Kier alpha value is -2.57. The molecule has 0 aliphatic rings. The maximum Gasteiger partial charge on any atom is 0.145 e. The van der Waals surface area contributed by atoms with E-state index >= 15 is 0 Å². The number of hydrogen-bond acceptors (Lipinski definition) is 2. The van der Waals surface area contributed by atoms with Gasteiger partial charge in [-0.2, -0.15) is 5.26 Å². The van der Waals surface area contributed by atoms with Gasteiger partial charge in [0.2, 0.25) is 0 Å². The fourth-order valence-electron chi connectivity index (χ4n) is 2.12. The molecule has 0 bridgehead atoms. The average molecular weight is 298 g/mol. The third-order valence-electron chi connectivity index (χ3n) is 3.11. The first-order valence-electron chi connectivity index (χ1n) is 6.24. The zero-order chi connectivity index (χ0) is 14.8. The summed E-state index contributed by atoms with van der Waals surface area (Å²) in [6.45, 7) is 0. The summed E-state index contributed by atoms with van der Waals surface area (Å²) < 4.78 is 18.9. The van der Waals surface area contributed by atoms with Crippen LogP contribution in [0.25, 0.3) is 10.8 Å². The van der Waals surface area contributed by atoms with E-state index in [4.69, 9.17) is 21.6 Å². The van der Waals surface area contributed by atoms with Gasteiger partial charge in [-0.15, -0.1) is 0 Å². The van der Waals surface area contributed by atoms with Crippen molar-refractivity contribution in [3.8, 4) is 17.6 Å². The second-order valence-electron chi connectivity index (χ2n) is 4.45. The molecule has 3 rings (SSSR count). The Morgan fingerprint density at radius 1 is 0.952 bits per heavy atom. The van der Waals surface area contributed by atoms with Crippen LogP contribution in [0.3, 0.4) is 0 Å². The van der Waals surface area contributed by atoms with Crippen molar-refractivity contribution in [1.82, 2.24) is 0 Å². The maximum absolute atomic E-state index is 13.2. The van der Waals surface area contributed by atoms with E-state index in [2.05, 4.69) is 0 Å². The Balaban J connectivity index is 2.11. The molecule has 0 saturated carbocycles. The van der Waals surface area contributed by atoms with Crippen LogP contribution in [0, 0.1) is 17.1 Å². The van der Waals surface area contributed by atoms with Crippen molar-refractivity contribution < 1.29 is 9.13 Å². The summed E-state index contributed by atoms with van der Waals surface area (Å²) in [5.41, 5.74) is 0.147. The third kappa shape index (κ3) is 2.54. The van der Waals surface area contributed by atoms with Gasteiger partial charge in [-0.3, -0.25) is 0 Å². The molecule has 0 amide bonds. The van der Waals surface area contributed by atoms with Crippen LogP contribution in [0.5, 0.6) is 11.5 Å². The predicted molar refractivity (Wildman–Crippen MR) is 80.1 cm³/mol. The minimum absolute atomic E-state index is 0.147. The van der Waals surface area contributed by atoms with Crippen molar-refractivity contribution in [2.75, 3.05) is 0 Å². The highest BCUT2D eigenvalue weighted by Gasteiger charge is 2.10. The van der Waals surface area contributed by atoms with Gasteiger partial charge in [-0.05, 0) is 30.3 Å². The van der Waals surface area contributed by atoms with Crippen molar-refractivity contribution in [1.29, 1.82) is 5.26 Å². The number of ether oxygens (including phenoxy) is 1. The average Bonchev–Trinajstić information content (AvgIpc) is 2.52. The van der Waals surface area contributed by atoms with E-state index in [9.17, 15) is 4.39 Å². The lowest BCUT2D eigenvalue weighted by atomic mass is 10.1. The summed E-state index contributed by atoms with van der Waals surface area (Å²) in [5.74, 6) is 0.407. The number of benzene rings is 3. The van der Waals surface area contributed by atoms with Crippen molar-refractivity contribution in [2.45, 2.75) is 0 Å². The predicted octanol–water partition coefficient (Wildman–Crippen LogP) is 5.30. The highest BCUT2D eigenvalue weighted by atomic mass is 35.5. The minimum atomic E-state index is -0.472. The van der Waals surface area contributed by atoms with E-state index in [1.54, 1.807) is 12.1 Å². The molecule has 0 aliphatic carbocycles. The molecule has 4 heteroatoms. The van der Waals surface area contributed by atoms with Crippen molar-refractivity contribution in [3.05, 3.63) is 71.0 Å². The number of nitrogens with zero attached hydrogens (tertiary/aromatic N) is 1. The first-order valence-corrected chi connectivity index (χ1v) is 6.61. The summed E-state index contributed by atoms with van der Waals surface area (Å²) in [7, 11) is 0. The first-order chi connectivity index (χ1) is 10.2. The lowest BCUT2D eigenvalue weighted by molar-refractivity contribution is 0.484. The van der Waals surface area contributed by atoms with Gasteiger partial charge in [0.15, 0.2) is 0 Å². The van der Waals surface area contributed by atoms with E-state index in [-0.39, 0.29) is 5.56 Å². The fourth-order valence-corrected chi connectivity index (χ4v) is 2.35. The molecular formula is C17H9ClFNO. The molecule has 3 aromatic carbocycles. The molecule has 0 unspecified atom stereocenters. The van der Waals surface area contributed by atoms with Gasteiger partial charge in [-0.25, -0.2) is 4.39 Å². The molecule has 0 heterocycles. The topological polar surface area (TPSA) is 33.0 Å². The molecule has 0 atom stereocenters. The van der Waals surface area contributed by atoms with E-state index in [1.165, 1.54) is 12.1 Å². The van der Waals surface area contributed by atoms with E-state index in [0.717, 1.165) is 16.8 Å². The Labute approximate surface area is 126 Å². The molecule has 0 fully saturated rings. The number of hydrogen-bond donors (Lipinski definition) is 0. The van der Waals surface area contributed by atoms with Crippen LogP contribution >= 0.6 is 11.6 Å². The fraction of sp³-hybridized carbons (Fsp3) is 0. The van der Waals surface area contributed by atoms with Gasteiger partial charge >= 0.3 is 0 Å². The van der Waals surface area contributed by atoms with Crippen LogP contribution in [-0.2, 0) is 0 Å². The molecule has 0 aliphatic heterocycles. The van der Waals surface area contributed by atoms with Gasteiger partial charge in [0, 0.05) is 15.8 Å². The monoisotopic (exact) mass is 297 g/mol. The van der Waals surface area contributed by atoms with Gasteiger partial charge in [0.1, 0.15) is 23.4 Å². The van der Waals surface area contributed by atoms with Crippen molar-refractivity contribution >= 4 is 22.4 Å². The van der Waals surface area contributed by atoms with Crippen LogP contribution in [0.2, 0.25) is 5.02 Å². The zero-order valence-corrected chi connectivity index (χ0v) is 11.6. The smallest absolute Gasteiger partial charge is 0.145 e. The number of nitriles is 1. The largest absolute Gasteiger partial charge is 0.455 e. The molecule has 0 N–H and O–H groups in total. The van der Waals surface area contributed by atoms with E-state index in [1.807, 2.05) is 30.3 Å². The first kappa shape index (κ1) is 13.4. The number of fused-ring (bicyclic) bond motifs is 1. The van der Waals surface area contributed by atoms with Crippen molar-refractivity contribution in [3.63, 3.8) is 0 Å². The van der Waals surface area contributed by atoms with Gasteiger partial charge in [-0.1, -0.05) is 35.9 Å². The summed E-state index contributed by atoms with van der Waals surface area (Å²) in [6, 6.07) is 16.8. The summed E-state index contributed by atoms with van der Waals surface area (Å²) in [4.78, 5) is 0. The quantitative estimate of drug-likeness (QED) is 0.643. The second kappa shape index (κ2) is 5.43. The molecule has 3 aromatic rings. The molecule has 102 valence electrons. The molecule has 0 radical (unpaired) electrons. The Morgan fingerprint density at radius 2 is 1.67 bits per heavy atom. The summed E-state index contributed by atoms with van der Waals surface area (Å²) in [6.07, 6.45) is 0. The second-order valence-corrected chi connectivity index (χ2v) is 4.85. The molecule has 21 heavy (non-hydrogen) atoms. The van der Waals surface area contributed by atoms with Gasteiger partial charge in [0.25, 0.3) is 0 Å². The van der Waals surface area contributed by atoms with E-state index in [0.29, 0.717) is 16.5 Å². The standard InChI is InChI=1S/C17H9ClFNO/c18-15-6-8-17(14-4-2-1-3-13(14)15)21-16-7-5-12(19)9-11(16)10-20/h1-9H. The SMILES string of the molecule is N#Cc1cc(F)ccc1Oc1ccc(Cl)c2ccccc12. The van der Waals surface area contributed by atoms with Gasteiger partial charge in [0.05, 0.1) is 5.56 Å². The van der Waals surface area contributed by atoms with Crippen LogP contribution in [0.4, 0.5) is 4.39 Å². The maximum atomic E-state index is 13.2. The highest BCUT2D eigenvalue weighted by Crippen LogP contribution is 2.35. The molecule has 2 nitrogen and oxygen atoms in total. The summed E-state index contributed by atoms with van der Waals surface area (Å²) >= 11 is 6.15. The number of rotatable bonds is 2. The van der Waals surface area contributed by atoms with Crippen molar-refractivity contribution in [2.24, 2.45) is 0 Å². The molecular weight excluding hydrogens is 289 g/mol. The lowest BCUT2D eigenvalue weighted by Gasteiger charge is -2.11. The Kier molecular flexibility index (Phi) is 3.47. The normalized spacial score (nSPS) is 10.3. The van der Waals surface area contributed by atoms with Crippen LogP contribution < -0.4 is 4.74 Å². The zero-order valence-electron chi connectivity index (χ0n) is 10.8. The molecule has 0 spiro atoms.